The Morgan fingerprint density at radius 1 is 1.35 bits per heavy atom. The first-order chi connectivity index (χ1) is 10.9. The van der Waals surface area contributed by atoms with Crippen molar-refractivity contribution in [3.63, 3.8) is 0 Å². The number of anilines is 3. The van der Waals surface area contributed by atoms with Gasteiger partial charge in [-0.2, -0.15) is 0 Å². The Kier molecular flexibility index (Phi) is 3.77. The third-order valence-electron chi connectivity index (χ3n) is 3.50. The number of para-hydroxylation sites is 2. The normalized spacial score (nSPS) is 15.8. The number of fused-ring (bicyclic) bond motifs is 1. The van der Waals surface area contributed by atoms with Gasteiger partial charge in [-0.25, -0.2) is 0 Å². The second-order valence-electron chi connectivity index (χ2n) is 5.83. The average Bonchev–Trinajstić information content (AvgIpc) is 2.88. The molecule has 2 amide bonds. The van der Waals surface area contributed by atoms with Gasteiger partial charge in [0.2, 0.25) is 11.0 Å². The van der Waals surface area contributed by atoms with Gasteiger partial charge in [0.15, 0.2) is 0 Å². The molecule has 0 spiro atoms. The maximum Gasteiger partial charge on any atom is 0.252 e. The molecule has 2 aromatic rings. The third-order valence-corrected chi connectivity index (χ3v) is 4.25. The molecule has 0 saturated heterocycles. The van der Waals surface area contributed by atoms with Crippen molar-refractivity contribution in [2.24, 2.45) is 0 Å². The summed E-state index contributed by atoms with van der Waals surface area (Å²) in [6, 6.07) is 7.44. The Hall–Kier alpha value is -2.48. The molecule has 0 radical (unpaired) electrons. The van der Waals surface area contributed by atoms with Gasteiger partial charge in [0.05, 0.1) is 11.4 Å². The Bertz CT molecular complexity index is 771. The zero-order valence-corrected chi connectivity index (χ0v) is 13.9. The number of nitrogens with zero attached hydrogens (tertiary/aromatic N) is 3. The average molecular weight is 331 g/mol. The highest BCUT2D eigenvalue weighted by atomic mass is 32.1. The largest absolute Gasteiger partial charge is 0.370 e. The van der Waals surface area contributed by atoms with Crippen LogP contribution in [0, 0.1) is 6.92 Å². The number of nitrogens with one attached hydrogen (secondary N) is 2. The van der Waals surface area contributed by atoms with Crippen LogP contribution in [0.3, 0.4) is 0 Å². The second kappa shape index (κ2) is 5.62. The molecule has 1 aromatic heterocycles. The van der Waals surface area contributed by atoms with E-state index in [1.807, 2.05) is 31.2 Å². The Morgan fingerprint density at radius 2 is 2.09 bits per heavy atom. The molecule has 0 unspecified atom stereocenters. The van der Waals surface area contributed by atoms with Gasteiger partial charge in [0, 0.05) is 0 Å². The number of benzene rings is 1. The van der Waals surface area contributed by atoms with Crippen LogP contribution in [-0.2, 0) is 9.59 Å². The number of carbonyl (C=O) groups excluding carboxylic acids is 2. The lowest BCUT2D eigenvalue weighted by Crippen LogP contribution is -2.55. The van der Waals surface area contributed by atoms with E-state index >= 15 is 0 Å². The van der Waals surface area contributed by atoms with Crippen LogP contribution >= 0.6 is 11.3 Å². The van der Waals surface area contributed by atoms with Crippen LogP contribution in [0.2, 0.25) is 0 Å². The fourth-order valence-corrected chi connectivity index (χ4v) is 3.07. The summed E-state index contributed by atoms with van der Waals surface area (Å²) in [5.41, 5.74) is 0.755. The molecular weight excluding hydrogens is 314 g/mol. The Labute approximate surface area is 137 Å². The van der Waals surface area contributed by atoms with E-state index in [1.54, 1.807) is 13.8 Å². The molecule has 0 saturated carbocycles. The van der Waals surface area contributed by atoms with Crippen LogP contribution in [0.5, 0.6) is 0 Å². The fourth-order valence-electron chi connectivity index (χ4n) is 2.46. The summed E-state index contributed by atoms with van der Waals surface area (Å²) in [6.07, 6.45) is 0. The molecule has 0 aliphatic carbocycles. The minimum Gasteiger partial charge on any atom is -0.370 e. The summed E-state index contributed by atoms with van der Waals surface area (Å²) >= 11 is 1.29. The first-order valence-corrected chi connectivity index (χ1v) is 7.97. The number of aryl methyl sites for hydroxylation is 1. The first-order valence-electron chi connectivity index (χ1n) is 7.16. The molecule has 3 rings (SSSR count). The maximum absolute atomic E-state index is 12.7. The summed E-state index contributed by atoms with van der Waals surface area (Å²) in [4.78, 5) is 26.4. The summed E-state index contributed by atoms with van der Waals surface area (Å²) in [7, 11) is 0. The number of amides is 2. The van der Waals surface area contributed by atoms with Crippen LogP contribution in [0.15, 0.2) is 24.3 Å². The van der Waals surface area contributed by atoms with Crippen molar-refractivity contribution in [2.45, 2.75) is 26.3 Å². The van der Waals surface area contributed by atoms with Crippen molar-refractivity contribution in [3.05, 3.63) is 29.3 Å². The molecule has 8 heteroatoms. The molecule has 1 aliphatic rings. The quantitative estimate of drug-likeness (QED) is 0.898. The number of hydrogen-bond donors (Lipinski definition) is 2. The molecule has 7 nitrogen and oxygen atoms in total. The van der Waals surface area contributed by atoms with Crippen molar-refractivity contribution < 1.29 is 9.59 Å². The van der Waals surface area contributed by atoms with Gasteiger partial charge in [-0.3, -0.25) is 19.8 Å². The number of rotatable bonds is 3. The van der Waals surface area contributed by atoms with Gasteiger partial charge in [-0.05, 0) is 32.9 Å². The van der Waals surface area contributed by atoms with Crippen molar-refractivity contribution in [2.75, 3.05) is 22.1 Å². The van der Waals surface area contributed by atoms with Crippen LogP contribution in [-0.4, -0.2) is 34.1 Å². The van der Waals surface area contributed by atoms with Crippen molar-refractivity contribution in [3.8, 4) is 0 Å². The van der Waals surface area contributed by atoms with Gasteiger partial charge >= 0.3 is 0 Å². The lowest BCUT2D eigenvalue weighted by molar-refractivity contribution is -0.124. The molecule has 0 fully saturated rings. The molecule has 0 bridgehead atoms. The monoisotopic (exact) mass is 331 g/mol. The van der Waals surface area contributed by atoms with Crippen molar-refractivity contribution >= 4 is 39.7 Å². The molecule has 120 valence electrons. The first kappa shape index (κ1) is 15.4. The summed E-state index contributed by atoms with van der Waals surface area (Å²) in [5, 5.41) is 14.8. The zero-order chi connectivity index (χ0) is 16.6. The SMILES string of the molecule is Cc1nnc(NC(=O)CN2C(=O)C(C)(C)Nc3ccccc32)s1. The number of carbonyl (C=O) groups is 2. The lowest BCUT2D eigenvalue weighted by Gasteiger charge is -2.39. The summed E-state index contributed by atoms with van der Waals surface area (Å²) in [6.45, 7) is 5.33. The van der Waals surface area contributed by atoms with E-state index in [9.17, 15) is 9.59 Å². The van der Waals surface area contributed by atoms with Crippen LogP contribution in [0.4, 0.5) is 16.5 Å². The predicted octanol–water partition coefficient (Wildman–Crippen LogP) is 2.02. The zero-order valence-electron chi connectivity index (χ0n) is 13.1. The molecule has 1 aromatic carbocycles. The summed E-state index contributed by atoms with van der Waals surface area (Å²) < 4.78 is 0. The number of aromatic nitrogens is 2. The fraction of sp³-hybridized carbons (Fsp3) is 0.333. The van der Waals surface area contributed by atoms with Crippen molar-refractivity contribution in [1.29, 1.82) is 0 Å². The highest BCUT2D eigenvalue weighted by molar-refractivity contribution is 7.15. The van der Waals surface area contributed by atoms with Gasteiger partial charge in [-0.1, -0.05) is 23.5 Å². The smallest absolute Gasteiger partial charge is 0.252 e. The van der Waals surface area contributed by atoms with E-state index in [0.717, 1.165) is 10.7 Å². The molecule has 0 atom stereocenters. The van der Waals surface area contributed by atoms with E-state index in [0.29, 0.717) is 10.8 Å². The van der Waals surface area contributed by atoms with Gasteiger partial charge in [0.1, 0.15) is 17.1 Å². The lowest BCUT2D eigenvalue weighted by atomic mass is 9.98. The maximum atomic E-state index is 12.7. The van der Waals surface area contributed by atoms with E-state index in [4.69, 9.17) is 0 Å². The molecule has 23 heavy (non-hydrogen) atoms. The number of hydrogen-bond acceptors (Lipinski definition) is 6. The highest BCUT2D eigenvalue weighted by Gasteiger charge is 2.39. The molecule has 2 heterocycles. The predicted molar refractivity (Wildman–Crippen MR) is 89.8 cm³/mol. The van der Waals surface area contributed by atoms with Gasteiger partial charge in [-0.15, -0.1) is 10.2 Å². The van der Waals surface area contributed by atoms with Crippen LogP contribution in [0.1, 0.15) is 18.9 Å². The Balaban J connectivity index is 1.83. The van der Waals surface area contributed by atoms with E-state index in [1.165, 1.54) is 16.2 Å². The topological polar surface area (TPSA) is 87.2 Å². The van der Waals surface area contributed by atoms with Crippen molar-refractivity contribution in [1.82, 2.24) is 10.2 Å². The van der Waals surface area contributed by atoms with E-state index in [2.05, 4.69) is 20.8 Å². The second-order valence-corrected chi connectivity index (χ2v) is 7.01. The van der Waals surface area contributed by atoms with Gasteiger partial charge < -0.3 is 5.32 Å². The molecule has 2 N–H and O–H groups in total. The minimum absolute atomic E-state index is 0.0699. The van der Waals surface area contributed by atoms with Crippen LogP contribution in [0.25, 0.3) is 0 Å². The summed E-state index contributed by atoms with van der Waals surface area (Å²) in [5.74, 6) is -0.457. The van der Waals surface area contributed by atoms with Crippen LogP contribution < -0.4 is 15.5 Å². The molecular formula is C15H17N5O2S. The minimum atomic E-state index is -0.770. The van der Waals surface area contributed by atoms with Gasteiger partial charge in [0.25, 0.3) is 5.91 Å². The Morgan fingerprint density at radius 3 is 2.78 bits per heavy atom. The third kappa shape index (κ3) is 3.02. The van der Waals surface area contributed by atoms with E-state index < -0.39 is 5.54 Å². The molecule has 1 aliphatic heterocycles. The highest BCUT2D eigenvalue weighted by Crippen LogP contribution is 2.34. The van der Waals surface area contributed by atoms with E-state index in [-0.39, 0.29) is 18.4 Å². The standard InChI is InChI=1S/C15H17N5O2S/c1-9-18-19-14(23-9)16-12(21)8-20-11-7-5-4-6-10(11)17-15(2,3)13(20)22/h4-7,17H,8H2,1-3H3,(H,16,19,21).